The van der Waals surface area contributed by atoms with Gasteiger partial charge in [0.05, 0.1) is 10.7 Å². The number of rotatable bonds is 0. The van der Waals surface area contributed by atoms with E-state index < -0.39 is 0 Å². The van der Waals surface area contributed by atoms with Gasteiger partial charge in [-0.3, -0.25) is 0 Å². The molecule has 3 rings (SSSR count). The average molecular weight is 194 g/mol. The van der Waals surface area contributed by atoms with Crippen LogP contribution in [0.5, 0.6) is 0 Å². The molecule has 1 nitrogen and oxygen atoms in total. The molecule has 0 bridgehead atoms. The van der Waals surface area contributed by atoms with Crippen molar-refractivity contribution < 1.29 is 0 Å². The van der Waals surface area contributed by atoms with Crippen LogP contribution in [0.4, 0.5) is 5.69 Å². The summed E-state index contributed by atoms with van der Waals surface area (Å²) in [4.78, 5) is 0. The van der Waals surface area contributed by atoms with Crippen LogP contribution in [0, 0.1) is 0 Å². The Kier molecular flexibility index (Phi) is 1.43. The number of fused-ring (bicyclic) bond motifs is 2. The molecule has 1 saturated carbocycles. The van der Waals surface area contributed by atoms with E-state index in [4.69, 9.17) is 11.6 Å². The van der Waals surface area contributed by atoms with Crippen molar-refractivity contribution in [1.29, 1.82) is 0 Å². The summed E-state index contributed by atoms with van der Waals surface area (Å²) in [6.07, 6.45) is 4.02. The summed E-state index contributed by atoms with van der Waals surface area (Å²) >= 11 is 6.12. The number of para-hydroxylation sites is 1. The van der Waals surface area contributed by atoms with Gasteiger partial charge < -0.3 is 5.32 Å². The van der Waals surface area contributed by atoms with Crippen molar-refractivity contribution in [2.45, 2.75) is 24.7 Å². The van der Waals surface area contributed by atoms with Gasteiger partial charge in [-0.15, -0.1) is 0 Å². The van der Waals surface area contributed by atoms with E-state index in [1.165, 1.54) is 30.5 Å². The Morgan fingerprint density at radius 2 is 2.15 bits per heavy atom. The second kappa shape index (κ2) is 2.42. The molecule has 0 atom stereocenters. The standard InChI is InChI=1S/C11H12ClN/c12-9-4-1-3-8-10(9)13-7-11(8)5-2-6-11/h1,3-4,13H,2,5-7H2. The van der Waals surface area contributed by atoms with Crippen molar-refractivity contribution in [1.82, 2.24) is 0 Å². The molecule has 1 aromatic rings. The summed E-state index contributed by atoms with van der Waals surface area (Å²) in [6.45, 7) is 1.09. The third-order valence-corrected chi connectivity index (χ3v) is 3.81. The average Bonchev–Trinajstić information content (AvgIpc) is 2.44. The van der Waals surface area contributed by atoms with E-state index in [0.29, 0.717) is 5.41 Å². The molecule has 0 radical (unpaired) electrons. The fourth-order valence-electron chi connectivity index (χ4n) is 2.55. The fourth-order valence-corrected chi connectivity index (χ4v) is 2.79. The van der Waals surface area contributed by atoms with Crippen LogP contribution in [0.2, 0.25) is 5.02 Å². The highest BCUT2D eigenvalue weighted by Gasteiger charge is 2.44. The van der Waals surface area contributed by atoms with Crippen LogP contribution in [-0.2, 0) is 5.41 Å². The highest BCUT2D eigenvalue weighted by molar-refractivity contribution is 6.33. The molecule has 2 aliphatic rings. The number of anilines is 1. The zero-order chi connectivity index (χ0) is 8.89. The van der Waals surface area contributed by atoms with Gasteiger partial charge >= 0.3 is 0 Å². The number of halogens is 1. The summed E-state index contributed by atoms with van der Waals surface area (Å²) in [5.41, 5.74) is 3.08. The van der Waals surface area contributed by atoms with E-state index >= 15 is 0 Å². The van der Waals surface area contributed by atoms with Gasteiger partial charge in [0.15, 0.2) is 0 Å². The molecule has 2 heteroatoms. The largest absolute Gasteiger partial charge is 0.383 e. The first kappa shape index (κ1) is 7.69. The van der Waals surface area contributed by atoms with Gasteiger partial charge in [0.2, 0.25) is 0 Å². The minimum atomic E-state index is 0.445. The molecule has 1 heterocycles. The molecule has 1 N–H and O–H groups in total. The lowest BCUT2D eigenvalue weighted by Crippen LogP contribution is -2.35. The van der Waals surface area contributed by atoms with E-state index in [1.807, 2.05) is 6.07 Å². The summed E-state index contributed by atoms with van der Waals surface area (Å²) in [5.74, 6) is 0. The van der Waals surface area contributed by atoms with Crippen LogP contribution in [0.15, 0.2) is 18.2 Å². The third kappa shape index (κ3) is 0.884. The second-order valence-corrected chi connectivity index (χ2v) is 4.56. The zero-order valence-electron chi connectivity index (χ0n) is 7.44. The maximum absolute atomic E-state index is 6.12. The first-order valence-corrected chi connectivity index (χ1v) is 5.23. The van der Waals surface area contributed by atoms with Gasteiger partial charge in [-0.05, 0) is 24.5 Å². The van der Waals surface area contributed by atoms with Crippen molar-refractivity contribution in [2.24, 2.45) is 0 Å². The topological polar surface area (TPSA) is 12.0 Å². The Morgan fingerprint density at radius 1 is 1.31 bits per heavy atom. The minimum Gasteiger partial charge on any atom is -0.383 e. The molecule has 0 amide bonds. The van der Waals surface area contributed by atoms with Gasteiger partial charge in [-0.2, -0.15) is 0 Å². The molecule has 13 heavy (non-hydrogen) atoms. The molecular formula is C11H12ClN. The molecule has 0 aromatic heterocycles. The highest BCUT2D eigenvalue weighted by atomic mass is 35.5. The predicted octanol–water partition coefficient (Wildman–Crippen LogP) is 3.19. The van der Waals surface area contributed by atoms with Gasteiger partial charge in [-0.1, -0.05) is 30.2 Å². The normalized spacial score (nSPS) is 22.2. The maximum atomic E-state index is 6.12. The number of benzene rings is 1. The predicted molar refractivity (Wildman–Crippen MR) is 55.5 cm³/mol. The molecule has 68 valence electrons. The second-order valence-electron chi connectivity index (χ2n) is 4.15. The van der Waals surface area contributed by atoms with Gasteiger partial charge in [0.1, 0.15) is 0 Å². The summed E-state index contributed by atoms with van der Waals surface area (Å²) in [7, 11) is 0. The molecule has 1 aromatic carbocycles. The Labute approximate surface area is 83.1 Å². The lowest BCUT2D eigenvalue weighted by atomic mass is 9.66. The lowest BCUT2D eigenvalue weighted by Gasteiger charge is -2.38. The molecule has 1 spiro atoms. The first-order valence-electron chi connectivity index (χ1n) is 4.85. The highest BCUT2D eigenvalue weighted by Crippen LogP contribution is 2.51. The quantitative estimate of drug-likeness (QED) is 0.668. The van der Waals surface area contributed by atoms with E-state index in [0.717, 1.165) is 11.6 Å². The summed E-state index contributed by atoms with van der Waals surface area (Å²) in [5, 5.41) is 4.31. The van der Waals surface area contributed by atoms with Crippen LogP contribution >= 0.6 is 11.6 Å². The fraction of sp³-hybridized carbons (Fsp3) is 0.455. The minimum absolute atomic E-state index is 0.445. The van der Waals surface area contributed by atoms with Crippen molar-refractivity contribution >= 4 is 17.3 Å². The number of nitrogens with one attached hydrogen (secondary N) is 1. The van der Waals surface area contributed by atoms with E-state index in [9.17, 15) is 0 Å². The molecule has 1 fully saturated rings. The Hall–Kier alpha value is -0.690. The monoisotopic (exact) mass is 193 g/mol. The van der Waals surface area contributed by atoms with Gasteiger partial charge in [-0.25, -0.2) is 0 Å². The molecule has 0 saturated heterocycles. The third-order valence-electron chi connectivity index (χ3n) is 3.50. The molecule has 0 unspecified atom stereocenters. The van der Waals surface area contributed by atoms with Crippen LogP contribution in [-0.4, -0.2) is 6.54 Å². The van der Waals surface area contributed by atoms with E-state index in [2.05, 4.69) is 17.4 Å². The Morgan fingerprint density at radius 3 is 2.85 bits per heavy atom. The van der Waals surface area contributed by atoms with Crippen LogP contribution in [0.3, 0.4) is 0 Å². The SMILES string of the molecule is Clc1cccc2c1NCC21CCC1. The van der Waals surface area contributed by atoms with Crippen molar-refractivity contribution in [3.63, 3.8) is 0 Å². The van der Waals surface area contributed by atoms with E-state index in [1.54, 1.807) is 0 Å². The zero-order valence-corrected chi connectivity index (χ0v) is 8.19. The van der Waals surface area contributed by atoms with Gasteiger partial charge in [0.25, 0.3) is 0 Å². The van der Waals surface area contributed by atoms with Crippen molar-refractivity contribution in [2.75, 3.05) is 11.9 Å². The summed E-state index contributed by atoms with van der Waals surface area (Å²) < 4.78 is 0. The molecule has 1 aliphatic heterocycles. The van der Waals surface area contributed by atoms with Crippen molar-refractivity contribution in [3.05, 3.63) is 28.8 Å². The van der Waals surface area contributed by atoms with Crippen LogP contribution in [0.1, 0.15) is 24.8 Å². The Bertz CT molecular complexity index is 355. The lowest BCUT2D eigenvalue weighted by molar-refractivity contribution is 0.272. The van der Waals surface area contributed by atoms with Crippen molar-refractivity contribution in [3.8, 4) is 0 Å². The van der Waals surface area contributed by atoms with Crippen LogP contribution < -0.4 is 5.32 Å². The number of hydrogen-bond donors (Lipinski definition) is 1. The smallest absolute Gasteiger partial charge is 0.0640 e. The molecule has 1 aliphatic carbocycles. The maximum Gasteiger partial charge on any atom is 0.0640 e. The van der Waals surface area contributed by atoms with E-state index in [-0.39, 0.29) is 0 Å². The first-order chi connectivity index (χ1) is 6.32. The molecular weight excluding hydrogens is 182 g/mol. The Balaban J connectivity index is 2.16. The van der Waals surface area contributed by atoms with Crippen LogP contribution in [0.25, 0.3) is 0 Å². The summed E-state index contributed by atoms with van der Waals surface area (Å²) in [6, 6.07) is 6.25. The number of hydrogen-bond acceptors (Lipinski definition) is 1. The van der Waals surface area contributed by atoms with Gasteiger partial charge in [0, 0.05) is 12.0 Å².